The van der Waals surface area contributed by atoms with Gasteiger partial charge in [0.05, 0.1) is 0 Å². The Hall–Kier alpha value is -2.57. The summed E-state index contributed by atoms with van der Waals surface area (Å²) in [6.45, 7) is 8.13. The lowest BCUT2D eigenvalue weighted by Gasteiger charge is -2.35. The van der Waals surface area contributed by atoms with Crippen molar-refractivity contribution in [2.24, 2.45) is 5.92 Å². The number of likely N-dealkylation sites (tertiary alicyclic amines) is 1. The van der Waals surface area contributed by atoms with Gasteiger partial charge in [-0.15, -0.1) is 0 Å². The van der Waals surface area contributed by atoms with Crippen LogP contribution in [-0.2, 0) is 9.53 Å². The molecule has 0 N–H and O–H groups in total. The average Bonchev–Trinajstić information content (AvgIpc) is 3.12. The van der Waals surface area contributed by atoms with Crippen LogP contribution in [0.5, 0.6) is 0 Å². The van der Waals surface area contributed by atoms with Crippen molar-refractivity contribution in [3.8, 4) is 0 Å². The molecule has 0 radical (unpaired) electrons. The van der Waals surface area contributed by atoms with Gasteiger partial charge in [0.2, 0.25) is 5.91 Å². The number of hydrogen-bond acceptors (Lipinski definition) is 4. The van der Waals surface area contributed by atoms with Crippen LogP contribution in [0.25, 0.3) is 0 Å². The molecule has 1 atom stereocenters. The number of rotatable bonds is 4. The predicted octanol–water partition coefficient (Wildman–Crippen LogP) is 3.53. The number of piperidine rings is 1. The van der Waals surface area contributed by atoms with E-state index in [1.807, 2.05) is 49.9 Å². The minimum absolute atomic E-state index is 0.0203. The molecule has 2 heterocycles. The maximum atomic E-state index is 13.1. The van der Waals surface area contributed by atoms with Crippen LogP contribution in [0.4, 0.5) is 10.5 Å². The highest BCUT2D eigenvalue weighted by atomic mass is 16.6. The molecule has 1 aromatic carbocycles. The van der Waals surface area contributed by atoms with E-state index in [1.54, 1.807) is 16.8 Å². The monoisotopic (exact) mass is 415 g/mol. The number of anilines is 1. The van der Waals surface area contributed by atoms with Gasteiger partial charge in [-0.25, -0.2) is 4.79 Å². The SMILES string of the molecule is CN(CC1CCCN(C(=O)c2cccc(N3CCCC3=O)c2)C1)C(=O)OC(C)(C)C. The Morgan fingerprint density at radius 2 is 1.97 bits per heavy atom. The van der Waals surface area contributed by atoms with Crippen LogP contribution >= 0.6 is 0 Å². The summed E-state index contributed by atoms with van der Waals surface area (Å²) in [6, 6.07) is 7.35. The zero-order valence-electron chi connectivity index (χ0n) is 18.5. The minimum atomic E-state index is -0.526. The third-order valence-corrected chi connectivity index (χ3v) is 5.52. The molecular formula is C23H33N3O4. The summed E-state index contributed by atoms with van der Waals surface area (Å²) in [7, 11) is 1.74. The second-order valence-electron chi connectivity index (χ2n) is 9.32. The third kappa shape index (κ3) is 5.52. The van der Waals surface area contributed by atoms with Crippen LogP contribution in [-0.4, -0.2) is 66.5 Å². The van der Waals surface area contributed by atoms with Crippen LogP contribution in [0.15, 0.2) is 24.3 Å². The maximum Gasteiger partial charge on any atom is 0.410 e. The zero-order chi connectivity index (χ0) is 21.9. The summed E-state index contributed by atoms with van der Waals surface area (Å²) in [4.78, 5) is 42.6. The van der Waals surface area contributed by atoms with Crippen molar-refractivity contribution >= 4 is 23.6 Å². The summed E-state index contributed by atoms with van der Waals surface area (Å²) in [5.74, 6) is 0.305. The number of hydrogen-bond donors (Lipinski definition) is 0. The Kier molecular flexibility index (Phi) is 6.68. The van der Waals surface area contributed by atoms with Gasteiger partial charge in [-0.1, -0.05) is 6.07 Å². The van der Waals surface area contributed by atoms with E-state index in [4.69, 9.17) is 4.74 Å². The quantitative estimate of drug-likeness (QED) is 0.754. The molecule has 2 saturated heterocycles. The molecule has 164 valence electrons. The van der Waals surface area contributed by atoms with Gasteiger partial charge in [0.15, 0.2) is 0 Å². The molecule has 0 bridgehead atoms. The number of amides is 3. The van der Waals surface area contributed by atoms with Gasteiger partial charge in [-0.3, -0.25) is 9.59 Å². The first kappa shape index (κ1) is 22.1. The van der Waals surface area contributed by atoms with Crippen molar-refractivity contribution in [2.75, 3.05) is 38.1 Å². The van der Waals surface area contributed by atoms with E-state index >= 15 is 0 Å². The summed E-state index contributed by atoms with van der Waals surface area (Å²) < 4.78 is 5.43. The van der Waals surface area contributed by atoms with Crippen molar-refractivity contribution in [1.82, 2.24) is 9.80 Å². The molecule has 3 rings (SSSR count). The van der Waals surface area contributed by atoms with Crippen LogP contribution in [0.1, 0.15) is 56.8 Å². The first-order valence-electron chi connectivity index (χ1n) is 10.8. The largest absolute Gasteiger partial charge is 0.444 e. The number of carbonyl (C=O) groups excluding carboxylic acids is 3. The lowest BCUT2D eigenvalue weighted by atomic mass is 9.97. The number of ether oxygens (including phenoxy) is 1. The highest BCUT2D eigenvalue weighted by molar-refractivity contribution is 5.99. The topological polar surface area (TPSA) is 70.2 Å². The molecule has 7 nitrogen and oxygen atoms in total. The van der Waals surface area contributed by atoms with Crippen molar-refractivity contribution in [3.63, 3.8) is 0 Å². The number of nitrogens with zero attached hydrogens (tertiary/aromatic N) is 3. The van der Waals surface area contributed by atoms with Gasteiger partial charge >= 0.3 is 6.09 Å². The molecule has 3 amide bonds. The van der Waals surface area contributed by atoms with E-state index in [1.165, 1.54) is 0 Å². The summed E-state index contributed by atoms with van der Waals surface area (Å²) in [5, 5.41) is 0. The lowest BCUT2D eigenvalue weighted by molar-refractivity contribution is -0.117. The highest BCUT2D eigenvalue weighted by Crippen LogP contribution is 2.25. The molecule has 2 aliphatic rings. The zero-order valence-corrected chi connectivity index (χ0v) is 18.5. The fraction of sp³-hybridized carbons (Fsp3) is 0.609. The molecule has 2 fully saturated rings. The van der Waals surface area contributed by atoms with Gasteiger partial charge in [0.1, 0.15) is 5.60 Å². The summed E-state index contributed by atoms with van der Waals surface area (Å²) in [5.41, 5.74) is 0.872. The van der Waals surface area contributed by atoms with Gasteiger partial charge in [0.25, 0.3) is 5.91 Å². The van der Waals surface area contributed by atoms with Crippen LogP contribution in [0.2, 0.25) is 0 Å². The molecular weight excluding hydrogens is 382 g/mol. The van der Waals surface area contributed by atoms with E-state index in [2.05, 4.69) is 0 Å². The van der Waals surface area contributed by atoms with Gasteiger partial charge in [0, 0.05) is 50.9 Å². The first-order chi connectivity index (χ1) is 14.1. The summed E-state index contributed by atoms with van der Waals surface area (Å²) in [6.07, 6.45) is 2.96. The fourth-order valence-corrected chi connectivity index (χ4v) is 4.11. The maximum absolute atomic E-state index is 13.1. The predicted molar refractivity (Wildman–Crippen MR) is 116 cm³/mol. The second-order valence-corrected chi connectivity index (χ2v) is 9.32. The Morgan fingerprint density at radius 3 is 2.63 bits per heavy atom. The van der Waals surface area contributed by atoms with Crippen molar-refractivity contribution in [1.29, 1.82) is 0 Å². The van der Waals surface area contributed by atoms with E-state index in [-0.39, 0.29) is 23.8 Å². The van der Waals surface area contributed by atoms with Crippen LogP contribution in [0.3, 0.4) is 0 Å². The molecule has 0 spiro atoms. The van der Waals surface area contributed by atoms with Crippen molar-refractivity contribution in [3.05, 3.63) is 29.8 Å². The highest BCUT2D eigenvalue weighted by Gasteiger charge is 2.28. The summed E-state index contributed by atoms with van der Waals surface area (Å²) >= 11 is 0. The van der Waals surface area contributed by atoms with Gasteiger partial charge in [-0.2, -0.15) is 0 Å². The standard InChI is InChI=1S/C23H33N3O4/c1-23(2,3)30-22(29)24(4)15-17-8-6-12-25(16-17)21(28)18-9-5-10-19(14-18)26-13-7-11-20(26)27/h5,9-10,14,17H,6-8,11-13,15-16H2,1-4H3. The van der Waals surface area contributed by atoms with E-state index in [0.29, 0.717) is 38.2 Å². The Balaban J connectivity index is 1.62. The van der Waals surface area contributed by atoms with Gasteiger partial charge in [-0.05, 0) is 64.2 Å². The first-order valence-corrected chi connectivity index (χ1v) is 10.8. The molecule has 2 aliphatic heterocycles. The van der Waals surface area contributed by atoms with Gasteiger partial charge < -0.3 is 19.4 Å². The second kappa shape index (κ2) is 9.06. The van der Waals surface area contributed by atoms with Crippen molar-refractivity contribution < 1.29 is 19.1 Å². The molecule has 1 unspecified atom stereocenters. The normalized spacial score (nSPS) is 19.7. The Labute approximate surface area is 179 Å². The molecule has 7 heteroatoms. The van der Waals surface area contributed by atoms with E-state index in [9.17, 15) is 14.4 Å². The number of carbonyl (C=O) groups is 3. The van der Waals surface area contributed by atoms with E-state index in [0.717, 1.165) is 24.9 Å². The smallest absolute Gasteiger partial charge is 0.410 e. The Morgan fingerprint density at radius 1 is 1.20 bits per heavy atom. The molecule has 0 saturated carbocycles. The molecule has 0 aromatic heterocycles. The van der Waals surface area contributed by atoms with Crippen LogP contribution in [0, 0.1) is 5.92 Å². The fourth-order valence-electron chi connectivity index (χ4n) is 4.11. The minimum Gasteiger partial charge on any atom is -0.444 e. The molecule has 0 aliphatic carbocycles. The molecule has 30 heavy (non-hydrogen) atoms. The molecule has 1 aromatic rings. The Bertz CT molecular complexity index is 802. The van der Waals surface area contributed by atoms with E-state index < -0.39 is 5.60 Å². The van der Waals surface area contributed by atoms with Crippen LogP contribution < -0.4 is 4.90 Å². The lowest BCUT2D eigenvalue weighted by Crippen LogP contribution is -2.45. The van der Waals surface area contributed by atoms with Crippen molar-refractivity contribution in [2.45, 2.75) is 52.1 Å². The number of benzene rings is 1. The third-order valence-electron chi connectivity index (χ3n) is 5.52. The average molecular weight is 416 g/mol.